The second-order valence-electron chi connectivity index (χ2n) is 5.54. The molecule has 0 aliphatic carbocycles. The van der Waals surface area contributed by atoms with Crippen LogP contribution in [0.3, 0.4) is 0 Å². The molecule has 0 spiro atoms. The molecule has 0 bridgehead atoms. The number of aryl methyl sites for hydroxylation is 2. The number of hydrogen-bond donors (Lipinski definition) is 2. The Kier molecular flexibility index (Phi) is 7.64. The van der Waals surface area contributed by atoms with E-state index in [4.69, 9.17) is 4.74 Å². The largest absolute Gasteiger partial charge is 0.468 e. The van der Waals surface area contributed by atoms with Gasteiger partial charge in [-0.2, -0.15) is 0 Å². The Labute approximate surface area is 155 Å². The highest BCUT2D eigenvalue weighted by Gasteiger charge is 2.20. The Hall–Kier alpha value is -1.67. The molecule has 0 saturated carbocycles. The van der Waals surface area contributed by atoms with Gasteiger partial charge in [-0.1, -0.05) is 35.4 Å². The molecule has 0 amide bonds. The van der Waals surface area contributed by atoms with E-state index in [0.29, 0.717) is 4.90 Å². The summed E-state index contributed by atoms with van der Waals surface area (Å²) < 4.78 is 23.1. The minimum atomic E-state index is -1.39. The van der Waals surface area contributed by atoms with Crippen molar-refractivity contribution in [3.05, 3.63) is 59.7 Å². The first kappa shape index (κ1) is 19.7. The average Bonchev–Trinajstić information content (AvgIpc) is 2.63. The van der Waals surface area contributed by atoms with Crippen molar-refractivity contribution in [1.29, 1.82) is 0 Å². The first-order valence-corrected chi connectivity index (χ1v) is 9.75. The SMILES string of the molecule is COC(=O)C(CNS(=O)c1ccc(C)cc1)NSc1ccc(C)cc1. The molecule has 0 heterocycles. The van der Waals surface area contributed by atoms with E-state index in [-0.39, 0.29) is 6.54 Å². The first-order valence-electron chi connectivity index (χ1n) is 7.78. The van der Waals surface area contributed by atoms with Gasteiger partial charge in [0.2, 0.25) is 0 Å². The molecule has 2 N–H and O–H groups in total. The highest BCUT2D eigenvalue weighted by Crippen LogP contribution is 2.16. The molecule has 2 atom stereocenters. The van der Waals surface area contributed by atoms with Crippen molar-refractivity contribution in [3.63, 3.8) is 0 Å². The van der Waals surface area contributed by atoms with E-state index in [1.165, 1.54) is 24.6 Å². The highest BCUT2D eigenvalue weighted by molar-refractivity contribution is 7.97. The summed E-state index contributed by atoms with van der Waals surface area (Å²) in [5.74, 6) is -0.409. The van der Waals surface area contributed by atoms with Crippen LogP contribution >= 0.6 is 11.9 Å². The standard InChI is InChI=1S/C18H22N2O3S2/c1-13-4-8-15(9-5-13)24-20-17(18(21)23-3)12-19-25(22)16-10-6-14(2)7-11-16/h4-11,17,19-20H,12H2,1-3H3. The molecule has 134 valence electrons. The number of carbonyl (C=O) groups is 1. The van der Waals surface area contributed by atoms with Crippen LogP contribution in [-0.2, 0) is 20.5 Å². The monoisotopic (exact) mass is 378 g/mol. The molecule has 2 rings (SSSR count). The third-order valence-electron chi connectivity index (χ3n) is 3.48. The predicted molar refractivity (Wildman–Crippen MR) is 102 cm³/mol. The number of hydrogen-bond acceptors (Lipinski definition) is 5. The summed E-state index contributed by atoms with van der Waals surface area (Å²) in [5, 5.41) is 0. The fraction of sp³-hybridized carbons (Fsp3) is 0.278. The second-order valence-corrected chi connectivity index (χ2v) is 7.75. The van der Waals surface area contributed by atoms with Gasteiger partial charge < -0.3 is 4.74 Å². The van der Waals surface area contributed by atoms with Crippen molar-refractivity contribution in [2.45, 2.75) is 29.7 Å². The van der Waals surface area contributed by atoms with Gasteiger partial charge in [0, 0.05) is 11.4 Å². The Morgan fingerprint density at radius 2 is 1.64 bits per heavy atom. The summed E-state index contributed by atoms with van der Waals surface area (Å²) in [4.78, 5) is 13.6. The lowest BCUT2D eigenvalue weighted by atomic mass is 10.2. The van der Waals surface area contributed by atoms with E-state index in [0.717, 1.165) is 10.5 Å². The van der Waals surface area contributed by atoms with Crippen LogP contribution in [0.4, 0.5) is 0 Å². The predicted octanol–water partition coefficient (Wildman–Crippen LogP) is 2.75. The lowest BCUT2D eigenvalue weighted by Gasteiger charge is -2.16. The summed E-state index contributed by atoms with van der Waals surface area (Å²) in [6, 6.07) is 14.7. The average molecular weight is 379 g/mol. The van der Waals surface area contributed by atoms with Gasteiger partial charge in [-0.25, -0.2) is 13.7 Å². The Morgan fingerprint density at radius 3 is 2.20 bits per heavy atom. The summed E-state index contributed by atoms with van der Waals surface area (Å²) in [6.07, 6.45) is 0. The smallest absolute Gasteiger partial charge is 0.325 e. The van der Waals surface area contributed by atoms with Gasteiger partial charge in [-0.05, 0) is 50.1 Å². The van der Waals surface area contributed by atoms with Gasteiger partial charge in [0.25, 0.3) is 0 Å². The van der Waals surface area contributed by atoms with E-state index in [1.807, 2.05) is 50.2 Å². The molecular weight excluding hydrogens is 356 g/mol. The zero-order valence-corrected chi connectivity index (χ0v) is 16.1. The maximum Gasteiger partial charge on any atom is 0.325 e. The molecule has 0 fully saturated rings. The van der Waals surface area contributed by atoms with Crippen LogP contribution in [0.1, 0.15) is 11.1 Å². The van der Waals surface area contributed by atoms with Crippen LogP contribution in [0, 0.1) is 13.8 Å². The maximum absolute atomic E-state index is 12.3. The van der Waals surface area contributed by atoms with E-state index >= 15 is 0 Å². The van der Waals surface area contributed by atoms with Crippen molar-refractivity contribution in [2.75, 3.05) is 13.7 Å². The second kappa shape index (κ2) is 9.72. The number of benzene rings is 2. The molecule has 0 saturated heterocycles. The minimum Gasteiger partial charge on any atom is -0.468 e. The molecule has 5 nitrogen and oxygen atoms in total. The fourth-order valence-electron chi connectivity index (χ4n) is 1.97. The van der Waals surface area contributed by atoms with Crippen molar-refractivity contribution < 1.29 is 13.7 Å². The van der Waals surface area contributed by atoms with Crippen LogP contribution in [-0.4, -0.2) is 29.9 Å². The third kappa shape index (κ3) is 6.28. The number of ether oxygens (including phenoxy) is 1. The molecule has 25 heavy (non-hydrogen) atoms. The van der Waals surface area contributed by atoms with E-state index in [9.17, 15) is 9.00 Å². The zero-order valence-electron chi connectivity index (χ0n) is 14.4. The van der Waals surface area contributed by atoms with Crippen LogP contribution in [0.15, 0.2) is 58.3 Å². The Bertz CT molecular complexity index is 718. The highest BCUT2D eigenvalue weighted by atomic mass is 32.2. The maximum atomic E-state index is 12.3. The van der Waals surface area contributed by atoms with Crippen molar-refractivity contribution in [3.8, 4) is 0 Å². The molecule has 0 aliphatic heterocycles. The van der Waals surface area contributed by atoms with Crippen molar-refractivity contribution in [1.82, 2.24) is 9.44 Å². The third-order valence-corrected chi connectivity index (χ3v) is 5.52. The Balaban J connectivity index is 1.93. The lowest BCUT2D eigenvalue weighted by molar-refractivity contribution is -0.142. The summed E-state index contributed by atoms with van der Waals surface area (Å²) >= 11 is 1.34. The molecule has 2 aromatic carbocycles. The number of rotatable bonds is 8. The van der Waals surface area contributed by atoms with Gasteiger partial charge in [0.1, 0.15) is 17.0 Å². The Morgan fingerprint density at radius 1 is 1.08 bits per heavy atom. The van der Waals surface area contributed by atoms with Gasteiger partial charge in [0.05, 0.1) is 12.0 Å². The molecule has 2 unspecified atom stereocenters. The molecule has 0 aromatic heterocycles. The molecule has 7 heteroatoms. The van der Waals surface area contributed by atoms with E-state index < -0.39 is 23.0 Å². The minimum absolute atomic E-state index is 0.187. The zero-order chi connectivity index (χ0) is 18.2. The summed E-state index contributed by atoms with van der Waals surface area (Å²) in [7, 11) is -0.0512. The molecular formula is C18H22N2O3S2. The number of carbonyl (C=O) groups excluding carboxylic acids is 1. The van der Waals surface area contributed by atoms with Crippen LogP contribution in [0.2, 0.25) is 0 Å². The number of nitrogens with one attached hydrogen (secondary N) is 2. The normalized spacial score (nSPS) is 13.2. The van der Waals surface area contributed by atoms with E-state index in [2.05, 4.69) is 9.44 Å². The van der Waals surface area contributed by atoms with Gasteiger partial charge >= 0.3 is 5.97 Å². The van der Waals surface area contributed by atoms with Gasteiger partial charge in [-0.3, -0.25) is 4.79 Å². The first-order chi connectivity index (χ1) is 12.0. The van der Waals surface area contributed by atoms with Crippen molar-refractivity contribution in [2.24, 2.45) is 0 Å². The van der Waals surface area contributed by atoms with Crippen LogP contribution in [0.25, 0.3) is 0 Å². The number of esters is 1. The van der Waals surface area contributed by atoms with Gasteiger partial charge in [-0.15, -0.1) is 0 Å². The topological polar surface area (TPSA) is 67.4 Å². The lowest BCUT2D eigenvalue weighted by Crippen LogP contribution is -2.42. The van der Waals surface area contributed by atoms with Crippen LogP contribution < -0.4 is 9.44 Å². The molecule has 2 aromatic rings. The quantitative estimate of drug-likeness (QED) is 0.546. The van der Waals surface area contributed by atoms with Crippen molar-refractivity contribution >= 4 is 28.9 Å². The van der Waals surface area contributed by atoms with Crippen LogP contribution in [0.5, 0.6) is 0 Å². The molecule has 0 radical (unpaired) electrons. The molecule has 0 aliphatic rings. The number of methoxy groups -OCH3 is 1. The summed E-state index contributed by atoms with van der Waals surface area (Å²) in [5.41, 5.74) is 2.27. The fourth-order valence-corrected chi connectivity index (χ4v) is 3.56. The summed E-state index contributed by atoms with van der Waals surface area (Å²) in [6.45, 7) is 4.18. The van der Waals surface area contributed by atoms with Gasteiger partial charge in [0.15, 0.2) is 0 Å². The van der Waals surface area contributed by atoms with E-state index in [1.54, 1.807) is 12.1 Å².